The molecule has 2 atom stereocenters. The van der Waals surface area contributed by atoms with Crippen molar-refractivity contribution >= 4 is 29.1 Å². The second kappa shape index (κ2) is 9.48. The second-order valence-electron chi connectivity index (χ2n) is 6.43. The van der Waals surface area contributed by atoms with Crippen LogP contribution in [0.5, 0.6) is 0 Å². The van der Waals surface area contributed by atoms with E-state index < -0.39 is 6.04 Å². The average Bonchev–Trinajstić information content (AvgIpc) is 2.61. The summed E-state index contributed by atoms with van der Waals surface area (Å²) in [5.74, 6) is -0.785. The summed E-state index contributed by atoms with van der Waals surface area (Å²) in [5.41, 5.74) is 1.40. The fourth-order valence-electron chi connectivity index (χ4n) is 2.50. The van der Waals surface area contributed by atoms with Gasteiger partial charge in [0.05, 0.1) is 18.6 Å². The first kappa shape index (κ1) is 20.9. The molecular formula is C20H23ClFN3O2. The second-order valence-corrected chi connectivity index (χ2v) is 6.87. The molecule has 0 heterocycles. The fourth-order valence-corrected chi connectivity index (χ4v) is 2.69. The Labute approximate surface area is 163 Å². The maximum Gasteiger partial charge on any atom is 0.238 e. The molecule has 0 saturated heterocycles. The van der Waals surface area contributed by atoms with Crippen molar-refractivity contribution in [3.63, 3.8) is 0 Å². The molecule has 27 heavy (non-hydrogen) atoms. The lowest BCUT2D eigenvalue weighted by Gasteiger charge is -2.25. The molecule has 0 aliphatic heterocycles. The third-order valence-electron chi connectivity index (χ3n) is 4.27. The van der Waals surface area contributed by atoms with E-state index >= 15 is 0 Å². The number of hydrogen-bond acceptors (Lipinski definition) is 3. The van der Waals surface area contributed by atoms with Crippen LogP contribution >= 0.6 is 11.6 Å². The van der Waals surface area contributed by atoms with Gasteiger partial charge in [-0.25, -0.2) is 4.39 Å². The number of carbonyl (C=O) groups is 2. The lowest BCUT2D eigenvalue weighted by atomic mass is 10.1. The van der Waals surface area contributed by atoms with Gasteiger partial charge in [0, 0.05) is 10.7 Å². The summed E-state index contributed by atoms with van der Waals surface area (Å²) in [4.78, 5) is 26.3. The smallest absolute Gasteiger partial charge is 0.238 e. The normalized spacial score (nSPS) is 13.1. The van der Waals surface area contributed by atoms with Crippen LogP contribution in [0, 0.1) is 5.82 Å². The van der Waals surface area contributed by atoms with E-state index in [0.717, 1.165) is 5.56 Å². The zero-order chi connectivity index (χ0) is 20.0. The van der Waals surface area contributed by atoms with Crippen molar-refractivity contribution in [2.45, 2.75) is 25.9 Å². The van der Waals surface area contributed by atoms with Gasteiger partial charge < -0.3 is 10.6 Å². The van der Waals surface area contributed by atoms with Crippen LogP contribution in [-0.4, -0.2) is 36.3 Å². The van der Waals surface area contributed by atoms with Crippen LogP contribution in [0.4, 0.5) is 10.1 Å². The van der Waals surface area contributed by atoms with Gasteiger partial charge in [0.2, 0.25) is 11.8 Å². The van der Waals surface area contributed by atoms with Crippen LogP contribution in [-0.2, 0) is 9.59 Å². The van der Waals surface area contributed by atoms with Crippen molar-refractivity contribution in [2.24, 2.45) is 0 Å². The number of nitrogens with one attached hydrogen (secondary N) is 2. The van der Waals surface area contributed by atoms with Gasteiger partial charge in [-0.3, -0.25) is 14.5 Å². The number of amides is 2. The van der Waals surface area contributed by atoms with Gasteiger partial charge in [0.15, 0.2) is 0 Å². The van der Waals surface area contributed by atoms with E-state index in [9.17, 15) is 14.0 Å². The molecule has 2 rings (SSSR count). The van der Waals surface area contributed by atoms with E-state index in [4.69, 9.17) is 11.6 Å². The lowest BCUT2D eigenvalue weighted by Crippen LogP contribution is -2.46. The highest BCUT2D eigenvalue weighted by Crippen LogP contribution is 2.15. The van der Waals surface area contributed by atoms with Crippen molar-refractivity contribution in [3.05, 3.63) is 64.9 Å². The predicted octanol–water partition coefficient (Wildman–Crippen LogP) is 3.62. The van der Waals surface area contributed by atoms with E-state index in [1.807, 2.05) is 6.92 Å². The van der Waals surface area contributed by atoms with Gasteiger partial charge >= 0.3 is 0 Å². The van der Waals surface area contributed by atoms with Gasteiger partial charge in [-0.15, -0.1) is 0 Å². The summed E-state index contributed by atoms with van der Waals surface area (Å²) in [6.07, 6.45) is 0. The number of likely N-dealkylation sites (N-methyl/N-ethyl adjacent to an activating group) is 1. The van der Waals surface area contributed by atoms with Crippen molar-refractivity contribution in [1.29, 1.82) is 0 Å². The molecule has 0 aliphatic rings. The van der Waals surface area contributed by atoms with Crippen LogP contribution < -0.4 is 10.6 Å². The van der Waals surface area contributed by atoms with Crippen LogP contribution in [0.25, 0.3) is 0 Å². The van der Waals surface area contributed by atoms with E-state index in [0.29, 0.717) is 10.7 Å². The van der Waals surface area contributed by atoms with Crippen LogP contribution in [0.3, 0.4) is 0 Å². The zero-order valence-electron chi connectivity index (χ0n) is 15.5. The summed E-state index contributed by atoms with van der Waals surface area (Å²) in [6.45, 7) is 3.59. The minimum Gasteiger partial charge on any atom is -0.348 e. The number of carbonyl (C=O) groups excluding carboxylic acids is 2. The number of hydrogen-bond donors (Lipinski definition) is 2. The summed E-state index contributed by atoms with van der Waals surface area (Å²) in [6, 6.07) is 12.0. The molecule has 7 heteroatoms. The first-order chi connectivity index (χ1) is 12.8. The molecule has 2 aromatic rings. The molecule has 2 unspecified atom stereocenters. The maximum absolute atomic E-state index is 13.0. The van der Waals surface area contributed by atoms with Crippen molar-refractivity contribution in [1.82, 2.24) is 10.2 Å². The third kappa shape index (κ3) is 6.34. The van der Waals surface area contributed by atoms with Crippen molar-refractivity contribution < 1.29 is 14.0 Å². The summed E-state index contributed by atoms with van der Waals surface area (Å²) in [5, 5.41) is 6.15. The van der Waals surface area contributed by atoms with E-state index in [1.54, 1.807) is 55.3 Å². The molecule has 2 N–H and O–H groups in total. The summed E-state index contributed by atoms with van der Waals surface area (Å²) < 4.78 is 13.0. The standard InChI is InChI=1S/C20H23ClFN3O2/c1-13(15-7-9-17(22)10-8-15)23-20(27)14(2)25(3)12-19(26)24-18-6-4-5-16(21)11-18/h4-11,13-14H,12H2,1-3H3,(H,23,27)(H,24,26). The van der Waals surface area contributed by atoms with E-state index in [1.165, 1.54) is 12.1 Å². The Balaban J connectivity index is 1.87. The molecule has 2 amide bonds. The fraction of sp³-hybridized carbons (Fsp3) is 0.300. The number of rotatable bonds is 7. The van der Waals surface area contributed by atoms with Gasteiger partial charge in [-0.2, -0.15) is 0 Å². The minimum atomic E-state index is -0.516. The van der Waals surface area contributed by atoms with Gasteiger partial charge in [0.25, 0.3) is 0 Å². The van der Waals surface area contributed by atoms with Gasteiger partial charge in [-0.1, -0.05) is 29.8 Å². The third-order valence-corrected chi connectivity index (χ3v) is 4.51. The Kier molecular flexibility index (Phi) is 7.33. The maximum atomic E-state index is 13.0. The molecule has 144 valence electrons. The molecule has 5 nitrogen and oxygen atoms in total. The molecule has 2 aromatic carbocycles. The first-order valence-electron chi connectivity index (χ1n) is 8.57. The number of benzene rings is 2. The Morgan fingerprint density at radius 3 is 2.44 bits per heavy atom. The largest absolute Gasteiger partial charge is 0.348 e. The zero-order valence-corrected chi connectivity index (χ0v) is 16.3. The lowest BCUT2D eigenvalue weighted by molar-refractivity contribution is -0.127. The molecule has 0 radical (unpaired) electrons. The Morgan fingerprint density at radius 2 is 1.81 bits per heavy atom. The summed E-state index contributed by atoms with van der Waals surface area (Å²) >= 11 is 5.90. The molecule has 0 bridgehead atoms. The number of halogens is 2. The van der Waals surface area contributed by atoms with Crippen LogP contribution in [0.1, 0.15) is 25.5 Å². The number of anilines is 1. The molecule has 0 saturated carbocycles. The highest BCUT2D eigenvalue weighted by molar-refractivity contribution is 6.30. The molecule has 0 aromatic heterocycles. The number of nitrogens with zero attached hydrogens (tertiary/aromatic N) is 1. The first-order valence-corrected chi connectivity index (χ1v) is 8.95. The Hall–Kier alpha value is -2.44. The minimum absolute atomic E-state index is 0.0476. The quantitative estimate of drug-likeness (QED) is 0.757. The van der Waals surface area contributed by atoms with Crippen molar-refractivity contribution in [3.8, 4) is 0 Å². The van der Waals surface area contributed by atoms with Crippen LogP contribution in [0.15, 0.2) is 48.5 Å². The van der Waals surface area contributed by atoms with Crippen molar-refractivity contribution in [2.75, 3.05) is 18.9 Å². The van der Waals surface area contributed by atoms with Gasteiger partial charge in [0.1, 0.15) is 5.82 Å². The Morgan fingerprint density at radius 1 is 1.15 bits per heavy atom. The molecule has 0 aliphatic carbocycles. The monoisotopic (exact) mass is 391 g/mol. The molecular weight excluding hydrogens is 369 g/mol. The molecule has 0 spiro atoms. The van der Waals surface area contributed by atoms with Gasteiger partial charge in [-0.05, 0) is 56.8 Å². The average molecular weight is 392 g/mol. The topological polar surface area (TPSA) is 61.4 Å². The SMILES string of the molecule is CC(NC(=O)C(C)N(C)CC(=O)Nc1cccc(Cl)c1)c1ccc(F)cc1. The summed E-state index contributed by atoms with van der Waals surface area (Å²) in [7, 11) is 1.70. The van der Waals surface area contributed by atoms with E-state index in [-0.39, 0.29) is 30.2 Å². The van der Waals surface area contributed by atoms with Crippen LogP contribution in [0.2, 0.25) is 5.02 Å². The van der Waals surface area contributed by atoms with E-state index in [2.05, 4.69) is 10.6 Å². The Bertz CT molecular complexity index is 798. The highest BCUT2D eigenvalue weighted by Gasteiger charge is 2.22. The highest BCUT2D eigenvalue weighted by atomic mass is 35.5. The predicted molar refractivity (Wildman–Crippen MR) is 105 cm³/mol. The molecule has 0 fully saturated rings.